The van der Waals surface area contributed by atoms with Gasteiger partial charge in [0.25, 0.3) is 0 Å². The van der Waals surface area contributed by atoms with Crippen LogP contribution in [0.1, 0.15) is 31.4 Å². The molecule has 1 fully saturated rings. The number of aliphatic hydroxyl groups is 1. The minimum atomic E-state index is -0.486. The average Bonchev–Trinajstić information content (AvgIpc) is 2.81. The number of hydrogen-bond donors (Lipinski definition) is 1. The summed E-state index contributed by atoms with van der Waals surface area (Å²) in [7, 11) is 2.02. The molecule has 18 heavy (non-hydrogen) atoms. The molecule has 1 aliphatic heterocycles. The van der Waals surface area contributed by atoms with Gasteiger partial charge in [0.2, 0.25) is 0 Å². The van der Waals surface area contributed by atoms with E-state index in [1.54, 1.807) is 6.92 Å². The Kier molecular flexibility index (Phi) is 4.49. The van der Waals surface area contributed by atoms with E-state index in [4.69, 9.17) is 16.3 Å². The monoisotopic (exact) mass is 269 g/mol. The van der Waals surface area contributed by atoms with E-state index < -0.39 is 6.10 Å². The third-order valence-electron chi connectivity index (χ3n) is 3.37. The predicted octanol–water partition coefficient (Wildman–Crippen LogP) is 3.01. The predicted molar refractivity (Wildman–Crippen MR) is 74.3 cm³/mol. The van der Waals surface area contributed by atoms with Gasteiger partial charge in [-0.05, 0) is 37.5 Å². The molecule has 3 nitrogen and oxygen atoms in total. The second kappa shape index (κ2) is 5.91. The van der Waals surface area contributed by atoms with Crippen LogP contribution in [0.5, 0.6) is 0 Å². The minimum absolute atomic E-state index is 0.308. The van der Waals surface area contributed by atoms with Gasteiger partial charge in [-0.15, -0.1) is 0 Å². The first kappa shape index (κ1) is 13.7. The molecule has 0 aromatic heterocycles. The zero-order valence-corrected chi connectivity index (χ0v) is 11.7. The summed E-state index contributed by atoms with van der Waals surface area (Å²) in [5, 5.41) is 10.2. The second-order valence-corrected chi connectivity index (χ2v) is 5.31. The minimum Gasteiger partial charge on any atom is -0.389 e. The van der Waals surface area contributed by atoms with Crippen LogP contribution < -0.4 is 4.90 Å². The van der Waals surface area contributed by atoms with Gasteiger partial charge in [0.15, 0.2) is 0 Å². The van der Waals surface area contributed by atoms with Crippen molar-refractivity contribution in [1.29, 1.82) is 0 Å². The molecule has 1 saturated heterocycles. The Morgan fingerprint density at radius 3 is 2.89 bits per heavy atom. The molecule has 0 saturated carbocycles. The summed E-state index contributed by atoms with van der Waals surface area (Å²) in [6.07, 6.45) is 2.09. The summed E-state index contributed by atoms with van der Waals surface area (Å²) in [6.45, 7) is 3.46. The highest BCUT2D eigenvalue weighted by atomic mass is 35.5. The molecule has 1 aliphatic rings. The molecule has 0 aliphatic carbocycles. The number of aliphatic hydroxyl groups excluding tert-OH is 1. The van der Waals surface area contributed by atoms with Crippen molar-refractivity contribution in [2.24, 2.45) is 0 Å². The maximum Gasteiger partial charge on any atom is 0.0762 e. The highest BCUT2D eigenvalue weighted by molar-refractivity contribution is 6.33. The van der Waals surface area contributed by atoms with Crippen LogP contribution >= 0.6 is 11.6 Å². The van der Waals surface area contributed by atoms with Gasteiger partial charge >= 0.3 is 0 Å². The third kappa shape index (κ3) is 3.16. The van der Waals surface area contributed by atoms with Crippen molar-refractivity contribution >= 4 is 17.3 Å². The first-order valence-corrected chi connectivity index (χ1v) is 6.76. The maximum atomic E-state index is 9.52. The van der Waals surface area contributed by atoms with Crippen LogP contribution in [0.2, 0.25) is 5.02 Å². The molecule has 1 aromatic rings. The largest absolute Gasteiger partial charge is 0.389 e. The lowest BCUT2D eigenvalue weighted by Crippen LogP contribution is -2.28. The van der Waals surface area contributed by atoms with Crippen molar-refractivity contribution in [2.75, 3.05) is 25.1 Å². The third-order valence-corrected chi connectivity index (χ3v) is 3.67. The van der Waals surface area contributed by atoms with Crippen LogP contribution in [-0.2, 0) is 4.74 Å². The van der Waals surface area contributed by atoms with E-state index in [1.165, 1.54) is 0 Å². The number of nitrogens with zero attached hydrogens (tertiary/aromatic N) is 1. The Balaban J connectivity index is 2.07. The smallest absolute Gasteiger partial charge is 0.0762 e. The molecule has 100 valence electrons. The molecule has 0 bridgehead atoms. The molecular weight excluding hydrogens is 250 g/mol. The zero-order chi connectivity index (χ0) is 13.1. The Morgan fingerprint density at radius 1 is 1.56 bits per heavy atom. The zero-order valence-electron chi connectivity index (χ0n) is 10.9. The van der Waals surface area contributed by atoms with Crippen molar-refractivity contribution < 1.29 is 9.84 Å². The van der Waals surface area contributed by atoms with Gasteiger partial charge in [-0.3, -0.25) is 0 Å². The van der Waals surface area contributed by atoms with Crippen molar-refractivity contribution in [1.82, 2.24) is 0 Å². The van der Waals surface area contributed by atoms with Crippen LogP contribution in [-0.4, -0.2) is 31.4 Å². The van der Waals surface area contributed by atoms with E-state index in [2.05, 4.69) is 4.90 Å². The summed E-state index contributed by atoms with van der Waals surface area (Å²) < 4.78 is 5.62. The molecule has 2 unspecified atom stereocenters. The van der Waals surface area contributed by atoms with Crippen LogP contribution in [0.3, 0.4) is 0 Å². The van der Waals surface area contributed by atoms with Crippen molar-refractivity contribution in [3.05, 3.63) is 28.8 Å². The molecule has 4 heteroatoms. The topological polar surface area (TPSA) is 32.7 Å². The Hall–Kier alpha value is -0.770. The highest BCUT2D eigenvalue weighted by Gasteiger charge is 2.18. The van der Waals surface area contributed by atoms with E-state index in [0.717, 1.165) is 37.2 Å². The summed E-state index contributed by atoms with van der Waals surface area (Å²) in [5.74, 6) is 0. The van der Waals surface area contributed by atoms with E-state index in [9.17, 15) is 5.11 Å². The van der Waals surface area contributed by atoms with E-state index in [1.807, 2.05) is 25.2 Å². The quantitative estimate of drug-likeness (QED) is 0.912. The molecule has 0 amide bonds. The fourth-order valence-corrected chi connectivity index (χ4v) is 2.62. The van der Waals surface area contributed by atoms with Gasteiger partial charge < -0.3 is 14.7 Å². The van der Waals surface area contributed by atoms with E-state index in [0.29, 0.717) is 11.1 Å². The van der Waals surface area contributed by atoms with Gasteiger partial charge in [0, 0.05) is 20.2 Å². The second-order valence-electron chi connectivity index (χ2n) is 4.90. The Bertz CT molecular complexity index is 403. The van der Waals surface area contributed by atoms with Crippen LogP contribution in [0.25, 0.3) is 0 Å². The van der Waals surface area contributed by atoms with Gasteiger partial charge in [-0.25, -0.2) is 0 Å². The lowest BCUT2D eigenvalue weighted by atomic mass is 10.1. The molecule has 2 rings (SSSR count). The number of benzene rings is 1. The molecule has 1 N–H and O–H groups in total. The number of ether oxygens (including phenoxy) is 1. The van der Waals surface area contributed by atoms with Crippen molar-refractivity contribution in [3.8, 4) is 0 Å². The number of anilines is 1. The number of hydrogen-bond acceptors (Lipinski definition) is 3. The van der Waals surface area contributed by atoms with Crippen LogP contribution in [0, 0.1) is 0 Å². The van der Waals surface area contributed by atoms with Crippen LogP contribution in [0.15, 0.2) is 18.2 Å². The van der Waals surface area contributed by atoms with Crippen molar-refractivity contribution in [3.63, 3.8) is 0 Å². The van der Waals surface area contributed by atoms with Gasteiger partial charge in [0.1, 0.15) is 0 Å². The molecule has 0 spiro atoms. The summed E-state index contributed by atoms with van der Waals surface area (Å²) >= 11 is 6.26. The number of likely N-dealkylation sites (N-methyl/N-ethyl adjacent to an activating group) is 1. The van der Waals surface area contributed by atoms with Gasteiger partial charge in [-0.2, -0.15) is 0 Å². The summed E-state index contributed by atoms with van der Waals surface area (Å²) in [5.41, 5.74) is 1.82. The molecule has 1 heterocycles. The SMILES string of the molecule is CC(O)c1ccc(N(C)CC2CCCO2)c(Cl)c1. The van der Waals surface area contributed by atoms with E-state index >= 15 is 0 Å². The lowest BCUT2D eigenvalue weighted by molar-refractivity contribution is 0.116. The normalized spacial score (nSPS) is 21.0. The molecule has 2 atom stereocenters. The van der Waals surface area contributed by atoms with Crippen molar-refractivity contribution in [2.45, 2.75) is 32.0 Å². The molecule has 0 radical (unpaired) electrons. The summed E-state index contributed by atoms with van der Waals surface area (Å²) in [6, 6.07) is 5.70. The molecule has 1 aromatic carbocycles. The van der Waals surface area contributed by atoms with Gasteiger partial charge in [0.05, 0.1) is 22.9 Å². The average molecular weight is 270 g/mol. The summed E-state index contributed by atoms with van der Waals surface area (Å²) in [4.78, 5) is 2.12. The fraction of sp³-hybridized carbons (Fsp3) is 0.571. The maximum absolute atomic E-state index is 9.52. The first-order valence-electron chi connectivity index (χ1n) is 6.38. The standard InChI is InChI=1S/C14H20ClNO2/c1-10(17)11-5-6-14(13(15)8-11)16(2)9-12-4-3-7-18-12/h5-6,8,10,12,17H,3-4,7,9H2,1-2H3. The van der Waals surface area contributed by atoms with E-state index in [-0.39, 0.29) is 0 Å². The Labute approximate surface area is 113 Å². The number of rotatable bonds is 4. The number of halogens is 1. The van der Waals surface area contributed by atoms with Crippen LogP contribution in [0.4, 0.5) is 5.69 Å². The lowest BCUT2D eigenvalue weighted by Gasteiger charge is -2.24. The molecular formula is C14H20ClNO2. The highest BCUT2D eigenvalue weighted by Crippen LogP contribution is 2.29. The Morgan fingerprint density at radius 2 is 2.33 bits per heavy atom. The first-order chi connectivity index (χ1) is 8.58. The van der Waals surface area contributed by atoms with Gasteiger partial charge in [-0.1, -0.05) is 17.7 Å². The fourth-order valence-electron chi connectivity index (χ4n) is 2.28.